The van der Waals surface area contributed by atoms with Crippen LogP contribution in [-0.2, 0) is 11.3 Å². The molecule has 1 aromatic heterocycles. The summed E-state index contributed by atoms with van der Waals surface area (Å²) in [7, 11) is 1.65. The Morgan fingerprint density at radius 2 is 1.97 bits per heavy atom. The lowest BCUT2D eigenvalue weighted by molar-refractivity contribution is 0.0953. The molecule has 6 nitrogen and oxygen atoms in total. The molecule has 0 spiro atoms. The van der Waals surface area contributed by atoms with Crippen LogP contribution in [0.25, 0.3) is 11.4 Å². The van der Waals surface area contributed by atoms with Crippen molar-refractivity contribution >= 4 is 11.8 Å². The van der Waals surface area contributed by atoms with Crippen LogP contribution < -0.4 is 4.74 Å². The number of aromatic nitrogens is 3. The molecule has 0 amide bonds. The number of rotatable bonds is 8. The molecule has 0 radical (unpaired) electrons. The van der Waals surface area contributed by atoms with Crippen LogP contribution >= 0.6 is 11.8 Å². The summed E-state index contributed by atoms with van der Waals surface area (Å²) in [4.78, 5) is 0. The number of thioether (sulfide) groups is 1. The van der Waals surface area contributed by atoms with Crippen LogP contribution in [0.5, 0.6) is 5.75 Å². The second-order valence-electron chi connectivity index (χ2n) is 7.02. The normalized spacial score (nSPS) is 17.4. The summed E-state index contributed by atoms with van der Waals surface area (Å²) in [5.41, 5.74) is 1.88. The van der Waals surface area contributed by atoms with Crippen LogP contribution in [0, 0.1) is 0 Å². The van der Waals surface area contributed by atoms with E-state index in [0.717, 1.165) is 47.3 Å². The maximum absolute atomic E-state index is 10.5. The summed E-state index contributed by atoms with van der Waals surface area (Å²) >= 11 is 1.52. The van der Waals surface area contributed by atoms with E-state index in [-0.39, 0.29) is 6.10 Å². The lowest BCUT2D eigenvalue weighted by atomic mass is 10.1. The highest BCUT2D eigenvalue weighted by Gasteiger charge is 2.22. The standard InChI is InChI=1S/C22H25N3O3S/c1-27-18-11-9-17(10-12-18)21-23-24-22(25(21)14-19-8-5-13-28-19)29-15-20(26)16-6-3-2-4-7-16/h2-4,6-7,9-12,19-20,26H,5,8,13-15H2,1H3/t19-,20+/m0/s1. The summed E-state index contributed by atoms with van der Waals surface area (Å²) in [6.45, 7) is 1.51. The van der Waals surface area contributed by atoms with Gasteiger partial charge in [0.15, 0.2) is 11.0 Å². The van der Waals surface area contributed by atoms with Crippen molar-refractivity contribution in [2.45, 2.75) is 36.8 Å². The van der Waals surface area contributed by atoms with Crippen molar-refractivity contribution in [1.29, 1.82) is 0 Å². The molecule has 0 aliphatic carbocycles. The smallest absolute Gasteiger partial charge is 0.191 e. The summed E-state index contributed by atoms with van der Waals surface area (Å²) in [6, 6.07) is 17.5. The molecule has 1 fully saturated rings. The highest BCUT2D eigenvalue weighted by molar-refractivity contribution is 7.99. The van der Waals surface area contributed by atoms with Gasteiger partial charge >= 0.3 is 0 Å². The van der Waals surface area contributed by atoms with Gasteiger partial charge in [0, 0.05) is 17.9 Å². The van der Waals surface area contributed by atoms with E-state index in [0.29, 0.717) is 12.3 Å². The second-order valence-corrected chi connectivity index (χ2v) is 8.00. The molecule has 29 heavy (non-hydrogen) atoms. The Kier molecular flexibility index (Phi) is 6.49. The van der Waals surface area contributed by atoms with Crippen LogP contribution in [0.15, 0.2) is 59.8 Å². The third kappa shape index (κ3) is 4.80. The van der Waals surface area contributed by atoms with Crippen molar-refractivity contribution in [3.05, 3.63) is 60.2 Å². The fraction of sp³-hybridized carbons (Fsp3) is 0.364. The molecule has 1 aliphatic rings. The van der Waals surface area contributed by atoms with Gasteiger partial charge in [-0.15, -0.1) is 10.2 Å². The predicted molar refractivity (Wildman–Crippen MR) is 113 cm³/mol. The van der Waals surface area contributed by atoms with Crippen molar-refractivity contribution < 1.29 is 14.6 Å². The van der Waals surface area contributed by atoms with Crippen LogP contribution in [0.2, 0.25) is 0 Å². The first-order chi connectivity index (χ1) is 14.2. The van der Waals surface area contributed by atoms with Gasteiger partial charge in [-0.05, 0) is 42.7 Å². The summed E-state index contributed by atoms with van der Waals surface area (Å²) in [6.07, 6.45) is 1.73. The molecule has 0 saturated carbocycles. The van der Waals surface area contributed by atoms with Gasteiger partial charge in [0.2, 0.25) is 0 Å². The number of aliphatic hydroxyl groups excluding tert-OH is 1. The minimum atomic E-state index is -0.557. The average Bonchev–Trinajstić information content (AvgIpc) is 3.43. The van der Waals surface area contributed by atoms with E-state index in [1.54, 1.807) is 7.11 Å². The topological polar surface area (TPSA) is 69.4 Å². The number of ether oxygens (including phenoxy) is 2. The van der Waals surface area contributed by atoms with Crippen LogP contribution in [-0.4, -0.2) is 45.4 Å². The summed E-state index contributed by atoms with van der Waals surface area (Å²) in [5.74, 6) is 2.12. The minimum Gasteiger partial charge on any atom is -0.497 e. The Balaban J connectivity index is 1.56. The van der Waals surface area contributed by atoms with Crippen molar-refractivity contribution in [3.63, 3.8) is 0 Å². The third-order valence-electron chi connectivity index (χ3n) is 5.03. The molecule has 7 heteroatoms. The van der Waals surface area contributed by atoms with Crippen molar-refractivity contribution in [3.8, 4) is 17.1 Å². The third-order valence-corrected chi connectivity index (χ3v) is 6.07. The predicted octanol–water partition coefficient (Wildman–Crippen LogP) is 3.96. The minimum absolute atomic E-state index is 0.168. The SMILES string of the molecule is COc1ccc(-c2nnc(SC[C@@H](O)c3ccccc3)n2C[C@@H]2CCCO2)cc1. The first kappa shape index (κ1) is 19.9. The zero-order valence-corrected chi connectivity index (χ0v) is 17.2. The molecule has 3 aromatic rings. The number of nitrogens with zero attached hydrogens (tertiary/aromatic N) is 3. The van der Waals surface area contributed by atoms with Gasteiger partial charge < -0.3 is 14.6 Å². The largest absolute Gasteiger partial charge is 0.497 e. The molecule has 1 aliphatic heterocycles. The number of hydrogen-bond acceptors (Lipinski definition) is 6. The zero-order chi connectivity index (χ0) is 20.1. The van der Waals surface area contributed by atoms with Gasteiger partial charge in [0.1, 0.15) is 5.75 Å². The van der Waals surface area contributed by atoms with E-state index in [9.17, 15) is 5.11 Å². The average molecular weight is 412 g/mol. The molecule has 0 bridgehead atoms. The molecule has 1 saturated heterocycles. The van der Waals surface area contributed by atoms with Crippen molar-refractivity contribution in [1.82, 2.24) is 14.8 Å². The first-order valence-corrected chi connectivity index (χ1v) is 10.8. The van der Waals surface area contributed by atoms with E-state index < -0.39 is 6.10 Å². The Hall–Kier alpha value is -2.35. The fourth-order valence-electron chi connectivity index (χ4n) is 3.43. The highest BCUT2D eigenvalue weighted by atomic mass is 32.2. The molecule has 4 rings (SSSR count). The Labute approximate surface area is 174 Å². The van der Waals surface area contributed by atoms with Crippen LogP contribution in [0.3, 0.4) is 0 Å². The maximum Gasteiger partial charge on any atom is 0.191 e. The molecule has 2 heterocycles. The molecule has 152 valence electrons. The van der Waals surface area contributed by atoms with Gasteiger partial charge in [-0.2, -0.15) is 0 Å². The van der Waals surface area contributed by atoms with Crippen LogP contribution in [0.4, 0.5) is 0 Å². The fourth-order valence-corrected chi connectivity index (χ4v) is 4.35. The summed E-state index contributed by atoms with van der Waals surface area (Å²) in [5, 5.41) is 20.2. The van der Waals surface area contributed by atoms with Gasteiger partial charge in [-0.3, -0.25) is 4.57 Å². The Bertz CT molecular complexity index is 909. The van der Waals surface area contributed by atoms with Crippen LogP contribution in [0.1, 0.15) is 24.5 Å². The second kappa shape index (κ2) is 9.43. The van der Waals surface area contributed by atoms with Crippen molar-refractivity contribution in [2.24, 2.45) is 0 Å². The Morgan fingerprint density at radius 3 is 2.66 bits per heavy atom. The highest BCUT2D eigenvalue weighted by Crippen LogP contribution is 2.29. The molecular weight excluding hydrogens is 386 g/mol. The quantitative estimate of drug-likeness (QED) is 0.566. The van der Waals surface area contributed by atoms with E-state index >= 15 is 0 Å². The number of hydrogen-bond donors (Lipinski definition) is 1. The molecule has 2 atom stereocenters. The maximum atomic E-state index is 10.5. The lowest BCUT2D eigenvalue weighted by Gasteiger charge is -2.16. The van der Waals surface area contributed by atoms with E-state index in [2.05, 4.69) is 14.8 Å². The molecule has 1 N–H and O–H groups in total. The monoisotopic (exact) mass is 411 g/mol. The number of methoxy groups -OCH3 is 1. The molecular formula is C22H25N3O3S. The summed E-state index contributed by atoms with van der Waals surface area (Å²) < 4.78 is 13.2. The Morgan fingerprint density at radius 1 is 1.17 bits per heavy atom. The van der Waals surface area contributed by atoms with Gasteiger partial charge in [0.25, 0.3) is 0 Å². The van der Waals surface area contributed by atoms with Gasteiger partial charge in [-0.25, -0.2) is 0 Å². The van der Waals surface area contributed by atoms with E-state index in [4.69, 9.17) is 9.47 Å². The van der Waals surface area contributed by atoms with Crippen molar-refractivity contribution in [2.75, 3.05) is 19.5 Å². The molecule has 0 unspecified atom stereocenters. The molecule has 2 aromatic carbocycles. The zero-order valence-electron chi connectivity index (χ0n) is 16.4. The van der Waals surface area contributed by atoms with Gasteiger partial charge in [-0.1, -0.05) is 42.1 Å². The van der Waals surface area contributed by atoms with E-state index in [1.807, 2.05) is 54.6 Å². The number of aliphatic hydroxyl groups is 1. The number of benzene rings is 2. The van der Waals surface area contributed by atoms with E-state index in [1.165, 1.54) is 11.8 Å². The lowest BCUT2D eigenvalue weighted by Crippen LogP contribution is -2.17. The first-order valence-electron chi connectivity index (χ1n) is 9.79. The van der Waals surface area contributed by atoms with Gasteiger partial charge in [0.05, 0.1) is 25.9 Å².